The molecule has 0 atom stereocenters. The second-order valence-electron chi connectivity index (χ2n) is 4.16. The first kappa shape index (κ1) is 13.9. The van der Waals surface area contributed by atoms with E-state index in [1.54, 1.807) is 0 Å². The number of hydrogen-bond acceptors (Lipinski definition) is 1. The van der Waals surface area contributed by atoms with Gasteiger partial charge in [0.1, 0.15) is 0 Å². The van der Waals surface area contributed by atoms with Gasteiger partial charge in [-0.15, -0.1) is 0 Å². The molecule has 0 spiro atoms. The first-order valence-electron chi connectivity index (χ1n) is 6.15. The third-order valence-corrected chi connectivity index (χ3v) is 15.5. The van der Waals surface area contributed by atoms with E-state index in [0.29, 0.717) is 0 Å². The number of benzene rings is 1. The van der Waals surface area contributed by atoms with Gasteiger partial charge in [0.15, 0.2) is 0 Å². The molecule has 1 aromatic rings. The Kier molecular flexibility index (Phi) is 6.29. The predicted molar refractivity (Wildman–Crippen MR) is 78.6 cm³/mol. The minimum atomic E-state index is -1.59. The van der Waals surface area contributed by atoms with Crippen molar-refractivity contribution in [1.29, 1.82) is 0 Å². The molecule has 0 unspecified atom stereocenters. The van der Waals surface area contributed by atoms with E-state index >= 15 is 0 Å². The fraction of sp³-hybridized carbons (Fsp3) is 0.429. The molecule has 2 heteroatoms. The van der Waals surface area contributed by atoms with E-state index in [1.807, 2.05) is 11.8 Å². The molecule has 0 aliphatic rings. The summed E-state index contributed by atoms with van der Waals surface area (Å²) in [4.78, 5) is 3.93. The van der Waals surface area contributed by atoms with Crippen LogP contribution in [0.25, 0.3) is 0 Å². The van der Waals surface area contributed by atoms with Crippen molar-refractivity contribution in [3.63, 3.8) is 0 Å². The summed E-state index contributed by atoms with van der Waals surface area (Å²) in [7, 11) is 0. The van der Waals surface area contributed by atoms with Crippen molar-refractivity contribution in [1.82, 2.24) is 0 Å². The Morgan fingerprint density at radius 3 is 2.06 bits per heavy atom. The maximum atomic E-state index is 2.58. The third kappa shape index (κ3) is 4.02. The van der Waals surface area contributed by atoms with Crippen molar-refractivity contribution in [2.24, 2.45) is 0 Å². The molecule has 88 valence electrons. The van der Waals surface area contributed by atoms with Crippen LogP contribution in [0.2, 0.25) is 15.8 Å². The summed E-state index contributed by atoms with van der Waals surface area (Å²) in [6, 6.07) is 10.6. The summed E-state index contributed by atoms with van der Waals surface area (Å²) in [6.45, 7) is 7.10. The molecule has 0 aliphatic carbocycles. The summed E-state index contributed by atoms with van der Waals surface area (Å²) in [5.41, 5.74) is 0. The van der Waals surface area contributed by atoms with Crippen LogP contribution in [0.15, 0.2) is 45.5 Å². The fourth-order valence-electron chi connectivity index (χ4n) is 1.86. The van der Waals surface area contributed by atoms with Gasteiger partial charge in [0.25, 0.3) is 0 Å². The van der Waals surface area contributed by atoms with Crippen LogP contribution in [0.5, 0.6) is 0 Å². The summed E-state index contributed by atoms with van der Waals surface area (Å²) >= 11 is 0.270. The first-order chi connectivity index (χ1) is 7.76. The molecule has 0 saturated carbocycles. The molecule has 16 heavy (non-hydrogen) atoms. The summed E-state index contributed by atoms with van der Waals surface area (Å²) in [5, 5.41) is 6.59. The molecule has 0 aromatic heterocycles. The second-order valence-corrected chi connectivity index (χ2v) is 16.0. The van der Waals surface area contributed by atoms with Gasteiger partial charge in [0, 0.05) is 0 Å². The van der Waals surface area contributed by atoms with Crippen LogP contribution >= 0.6 is 11.8 Å². The van der Waals surface area contributed by atoms with Crippen LogP contribution in [0.4, 0.5) is 0 Å². The van der Waals surface area contributed by atoms with E-state index in [-0.39, 0.29) is 0 Å². The Morgan fingerprint density at radius 1 is 1.00 bits per heavy atom. The van der Waals surface area contributed by atoms with Gasteiger partial charge in [0.2, 0.25) is 0 Å². The number of thioether (sulfide) groups is 1. The molecule has 0 aliphatic heterocycles. The Bertz CT molecular complexity index is 307. The molecule has 0 saturated heterocycles. The Morgan fingerprint density at radius 2 is 1.56 bits per heavy atom. The zero-order valence-corrected chi connectivity index (χ0v) is 13.5. The first-order valence-corrected chi connectivity index (χ1v) is 12.7. The number of hydrogen-bond donors (Lipinski definition) is 0. The fourth-order valence-corrected chi connectivity index (χ4v) is 9.56. The molecule has 1 rings (SSSR count). The van der Waals surface area contributed by atoms with Crippen molar-refractivity contribution < 1.29 is 0 Å². The van der Waals surface area contributed by atoms with Crippen molar-refractivity contribution >= 4 is 25.0 Å². The van der Waals surface area contributed by atoms with Gasteiger partial charge in [0.05, 0.1) is 0 Å². The van der Waals surface area contributed by atoms with Crippen LogP contribution in [-0.2, 0) is 0 Å². The van der Waals surface area contributed by atoms with E-state index < -0.39 is 13.3 Å². The van der Waals surface area contributed by atoms with Crippen LogP contribution in [-0.4, -0.2) is 13.3 Å². The van der Waals surface area contributed by atoms with Crippen LogP contribution in [0.3, 0.4) is 0 Å². The van der Waals surface area contributed by atoms with E-state index in [2.05, 4.69) is 61.4 Å². The predicted octanol–water partition coefficient (Wildman–Crippen LogP) is 5.34. The molecule has 0 nitrogen and oxygen atoms in total. The standard InChI is InChI=1S/C14H22GeS/c1-4-15(5-2,6-3)12-13-16-14-10-8-7-9-11-14/h7-13H,4-6H2,1-3H3/b13-12+. The molecule has 0 bridgehead atoms. The minimum absolute atomic E-state index is 1.35. The van der Waals surface area contributed by atoms with Gasteiger partial charge in [-0.05, 0) is 0 Å². The van der Waals surface area contributed by atoms with E-state index in [1.165, 1.54) is 20.7 Å². The zero-order chi connectivity index (χ0) is 11.9. The maximum absolute atomic E-state index is 2.58. The van der Waals surface area contributed by atoms with E-state index in [4.69, 9.17) is 0 Å². The topological polar surface area (TPSA) is 0 Å². The SMILES string of the molecule is C[CH2][Ge](/[CH]=C/Sc1ccccc1)([CH2]C)[CH2]C. The average molecular weight is 295 g/mol. The van der Waals surface area contributed by atoms with Crippen molar-refractivity contribution in [2.75, 3.05) is 0 Å². The number of rotatable bonds is 6. The van der Waals surface area contributed by atoms with Crippen LogP contribution in [0.1, 0.15) is 20.8 Å². The average Bonchev–Trinajstić information content (AvgIpc) is 2.37. The van der Waals surface area contributed by atoms with Gasteiger partial charge in [-0.3, -0.25) is 0 Å². The zero-order valence-electron chi connectivity index (χ0n) is 10.6. The molecule has 0 N–H and O–H groups in total. The van der Waals surface area contributed by atoms with Crippen molar-refractivity contribution in [2.45, 2.75) is 41.4 Å². The molecular weight excluding hydrogens is 273 g/mol. The third-order valence-electron chi connectivity index (χ3n) is 3.48. The molecule has 0 fully saturated rings. The van der Waals surface area contributed by atoms with E-state index in [9.17, 15) is 0 Å². The van der Waals surface area contributed by atoms with Crippen LogP contribution < -0.4 is 0 Å². The summed E-state index contributed by atoms with van der Waals surface area (Å²) in [6.07, 6.45) is 0. The molecule has 1 aromatic carbocycles. The second kappa shape index (κ2) is 7.23. The van der Waals surface area contributed by atoms with Gasteiger partial charge >= 0.3 is 107 Å². The van der Waals surface area contributed by atoms with Crippen molar-refractivity contribution in [3.05, 3.63) is 40.6 Å². The van der Waals surface area contributed by atoms with E-state index in [0.717, 1.165) is 0 Å². The Balaban J connectivity index is 2.59. The van der Waals surface area contributed by atoms with Gasteiger partial charge in [-0.1, -0.05) is 0 Å². The Labute approximate surface area is 107 Å². The molecular formula is C14H22GeS. The normalized spacial score (nSPS) is 12.2. The summed E-state index contributed by atoms with van der Waals surface area (Å²) < 4.78 is 0. The molecule has 0 amide bonds. The quantitative estimate of drug-likeness (QED) is 0.504. The summed E-state index contributed by atoms with van der Waals surface area (Å²) in [5.74, 6) is 0. The van der Waals surface area contributed by atoms with Crippen molar-refractivity contribution in [3.8, 4) is 0 Å². The van der Waals surface area contributed by atoms with Gasteiger partial charge < -0.3 is 0 Å². The van der Waals surface area contributed by atoms with Gasteiger partial charge in [-0.2, -0.15) is 0 Å². The molecule has 0 radical (unpaired) electrons. The monoisotopic (exact) mass is 296 g/mol. The Hall–Kier alpha value is -0.147. The van der Waals surface area contributed by atoms with Crippen LogP contribution in [0, 0.1) is 0 Å². The van der Waals surface area contributed by atoms with Gasteiger partial charge in [-0.25, -0.2) is 0 Å². The molecule has 0 heterocycles.